The Hall–Kier alpha value is -2.67. The highest BCUT2D eigenvalue weighted by Gasteiger charge is 2.35. The van der Waals surface area contributed by atoms with E-state index in [1.807, 2.05) is 42.2 Å². The van der Waals surface area contributed by atoms with Gasteiger partial charge < -0.3 is 19.1 Å². The van der Waals surface area contributed by atoms with Crippen LogP contribution in [0.5, 0.6) is 0 Å². The van der Waals surface area contributed by atoms with Crippen molar-refractivity contribution in [1.29, 1.82) is 0 Å². The van der Waals surface area contributed by atoms with E-state index >= 15 is 0 Å². The number of amides is 2. The molecule has 1 atom stereocenters. The number of aryl methyl sites for hydroxylation is 1. The van der Waals surface area contributed by atoms with Gasteiger partial charge in [0.15, 0.2) is 5.69 Å². The normalized spacial score (nSPS) is 20.7. The Morgan fingerprint density at radius 2 is 1.94 bits per heavy atom. The molecule has 1 aliphatic carbocycles. The fourth-order valence-corrected chi connectivity index (χ4v) is 4.48. The second-order valence-electron chi connectivity index (χ2n) is 8.47. The van der Waals surface area contributed by atoms with Gasteiger partial charge >= 0.3 is 0 Å². The fourth-order valence-electron chi connectivity index (χ4n) is 4.48. The summed E-state index contributed by atoms with van der Waals surface area (Å²) < 4.78 is 11.4. The van der Waals surface area contributed by atoms with Crippen molar-refractivity contribution in [2.75, 3.05) is 19.6 Å². The first-order chi connectivity index (χ1) is 15.1. The van der Waals surface area contributed by atoms with Crippen molar-refractivity contribution in [2.45, 2.75) is 64.2 Å². The summed E-state index contributed by atoms with van der Waals surface area (Å²) in [4.78, 5) is 29.8. The third kappa shape index (κ3) is 5.34. The van der Waals surface area contributed by atoms with Gasteiger partial charge in [-0.25, -0.2) is 0 Å². The number of carbonyl (C=O) groups is 2. The molecular weight excluding hydrogens is 394 g/mol. The number of aromatic nitrogens is 1. The SMILES string of the molecule is CCc1cc(C(=O)N2CC(=O)N(C3CCCCC3)C[C@H](OCc3ccccc3)C2)no1. The lowest BCUT2D eigenvalue weighted by molar-refractivity contribution is -0.134. The summed E-state index contributed by atoms with van der Waals surface area (Å²) in [6.45, 7) is 3.31. The number of hydrogen-bond acceptors (Lipinski definition) is 5. The molecule has 0 N–H and O–H groups in total. The lowest BCUT2D eigenvalue weighted by atomic mass is 9.94. The molecule has 2 heterocycles. The average Bonchev–Trinajstić information content (AvgIpc) is 3.23. The number of hydrogen-bond donors (Lipinski definition) is 0. The largest absolute Gasteiger partial charge is 0.370 e. The molecule has 4 rings (SSSR count). The minimum Gasteiger partial charge on any atom is -0.370 e. The molecule has 1 saturated heterocycles. The first kappa shape index (κ1) is 21.6. The summed E-state index contributed by atoms with van der Waals surface area (Å²) in [5.41, 5.74) is 1.32. The molecule has 0 radical (unpaired) electrons. The van der Waals surface area contributed by atoms with Crippen molar-refractivity contribution in [3.63, 3.8) is 0 Å². The van der Waals surface area contributed by atoms with E-state index in [1.54, 1.807) is 11.0 Å². The number of benzene rings is 1. The number of rotatable bonds is 6. The van der Waals surface area contributed by atoms with Gasteiger partial charge in [0.1, 0.15) is 12.3 Å². The van der Waals surface area contributed by atoms with Crippen molar-refractivity contribution in [3.8, 4) is 0 Å². The van der Waals surface area contributed by atoms with Crippen LogP contribution in [0.15, 0.2) is 40.9 Å². The van der Waals surface area contributed by atoms with Crippen LogP contribution in [-0.2, 0) is 22.6 Å². The third-order valence-electron chi connectivity index (χ3n) is 6.23. The first-order valence-electron chi connectivity index (χ1n) is 11.3. The predicted octanol–water partition coefficient (Wildman–Crippen LogP) is 3.44. The molecule has 1 aromatic heterocycles. The van der Waals surface area contributed by atoms with E-state index < -0.39 is 0 Å². The van der Waals surface area contributed by atoms with Crippen molar-refractivity contribution >= 4 is 11.8 Å². The molecular formula is C24H31N3O4. The van der Waals surface area contributed by atoms with Crippen LogP contribution >= 0.6 is 0 Å². The van der Waals surface area contributed by atoms with Gasteiger partial charge in [-0.15, -0.1) is 0 Å². The quantitative estimate of drug-likeness (QED) is 0.709. The van der Waals surface area contributed by atoms with Gasteiger partial charge in [-0.3, -0.25) is 9.59 Å². The third-order valence-corrected chi connectivity index (χ3v) is 6.23. The highest BCUT2D eigenvalue weighted by Crippen LogP contribution is 2.25. The van der Waals surface area contributed by atoms with Gasteiger partial charge in [0.2, 0.25) is 5.91 Å². The summed E-state index contributed by atoms with van der Waals surface area (Å²) in [7, 11) is 0. The molecule has 2 aromatic rings. The van der Waals surface area contributed by atoms with Crippen LogP contribution in [0.4, 0.5) is 0 Å². The van der Waals surface area contributed by atoms with Crippen molar-refractivity contribution in [1.82, 2.24) is 15.0 Å². The molecule has 31 heavy (non-hydrogen) atoms. The van der Waals surface area contributed by atoms with Crippen molar-refractivity contribution in [2.24, 2.45) is 0 Å². The van der Waals surface area contributed by atoms with E-state index in [4.69, 9.17) is 9.26 Å². The molecule has 2 fully saturated rings. The van der Waals surface area contributed by atoms with E-state index in [-0.39, 0.29) is 36.2 Å². The predicted molar refractivity (Wildman–Crippen MR) is 115 cm³/mol. The van der Waals surface area contributed by atoms with Crippen molar-refractivity contribution < 1.29 is 18.8 Å². The van der Waals surface area contributed by atoms with Gasteiger partial charge in [-0.2, -0.15) is 0 Å². The molecule has 2 amide bonds. The van der Waals surface area contributed by atoms with Crippen LogP contribution in [0, 0.1) is 0 Å². The van der Waals surface area contributed by atoms with Crippen LogP contribution in [0.1, 0.15) is 60.8 Å². The minimum absolute atomic E-state index is 0.00901. The molecule has 0 unspecified atom stereocenters. The first-order valence-corrected chi connectivity index (χ1v) is 11.3. The molecule has 166 valence electrons. The monoisotopic (exact) mass is 425 g/mol. The maximum Gasteiger partial charge on any atom is 0.276 e. The Balaban J connectivity index is 1.52. The second kappa shape index (κ2) is 10.1. The van der Waals surface area contributed by atoms with Gasteiger partial charge in [-0.1, -0.05) is 61.7 Å². The van der Waals surface area contributed by atoms with Gasteiger partial charge in [0.25, 0.3) is 5.91 Å². The van der Waals surface area contributed by atoms with Crippen LogP contribution in [0.3, 0.4) is 0 Å². The van der Waals surface area contributed by atoms with Crippen LogP contribution < -0.4 is 0 Å². The molecule has 1 aromatic carbocycles. The Morgan fingerprint density at radius 1 is 1.16 bits per heavy atom. The highest BCUT2D eigenvalue weighted by atomic mass is 16.5. The standard InChI is InChI=1S/C24H31N3O4/c1-2-20-13-22(25-31-20)24(29)26-14-21(30-17-18-9-5-3-6-10-18)15-27(23(28)16-26)19-11-7-4-8-12-19/h3,5-6,9-10,13,19,21H,2,4,7-8,11-12,14-17H2,1H3/t21-/m1/s1. The van der Waals surface area contributed by atoms with E-state index in [1.165, 1.54) is 6.42 Å². The van der Waals surface area contributed by atoms with E-state index in [2.05, 4.69) is 5.16 Å². The Bertz CT molecular complexity index is 876. The lowest BCUT2D eigenvalue weighted by Gasteiger charge is -2.34. The highest BCUT2D eigenvalue weighted by molar-refractivity contribution is 5.95. The fraction of sp³-hybridized carbons (Fsp3) is 0.542. The zero-order valence-corrected chi connectivity index (χ0v) is 18.2. The Labute approximate surface area is 183 Å². The zero-order chi connectivity index (χ0) is 21.6. The minimum atomic E-state index is -0.282. The van der Waals surface area contributed by atoms with Crippen LogP contribution in [0.2, 0.25) is 0 Å². The topological polar surface area (TPSA) is 75.9 Å². The second-order valence-corrected chi connectivity index (χ2v) is 8.47. The molecule has 1 saturated carbocycles. The summed E-state index contributed by atoms with van der Waals surface area (Å²) in [5, 5.41) is 3.91. The van der Waals surface area contributed by atoms with E-state index in [0.717, 1.165) is 31.2 Å². The smallest absolute Gasteiger partial charge is 0.276 e. The summed E-state index contributed by atoms with van der Waals surface area (Å²) in [6, 6.07) is 11.9. The van der Waals surface area contributed by atoms with Crippen LogP contribution in [-0.4, -0.2) is 58.6 Å². The summed E-state index contributed by atoms with van der Waals surface area (Å²) in [5.74, 6) is 0.367. The number of nitrogens with zero attached hydrogens (tertiary/aromatic N) is 3. The van der Waals surface area contributed by atoms with E-state index in [0.29, 0.717) is 31.9 Å². The zero-order valence-electron chi connectivity index (χ0n) is 18.2. The molecule has 0 bridgehead atoms. The Kier molecular flexibility index (Phi) is 7.02. The van der Waals surface area contributed by atoms with Gasteiger partial charge in [0, 0.05) is 31.6 Å². The summed E-state index contributed by atoms with van der Waals surface area (Å²) >= 11 is 0. The number of carbonyl (C=O) groups excluding carboxylic acids is 2. The molecule has 0 spiro atoms. The Morgan fingerprint density at radius 3 is 2.65 bits per heavy atom. The molecule has 2 aliphatic rings. The average molecular weight is 426 g/mol. The maximum atomic E-state index is 13.2. The molecule has 7 nitrogen and oxygen atoms in total. The van der Waals surface area contributed by atoms with Gasteiger partial charge in [0.05, 0.1) is 12.7 Å². The van der Waals surface area contributed by atoms with Crippen molar-refractivity contribution in [3.05, 3.63) is 53.4 Å². The summed E-state index contributed by atoms with van der Waals surface area (Å²) in [6.07, 6.45) is 5.97. The van der Waals surface area contributed by atoms with Gasteiger partial charge in [-0.05, 0) is 18.4 Å². The molecule has 7 heteroatoms. The maximum absolute atomic E-state index is 13.2. The van der Waals surface area contributed by atoms with E-state index in [9.17, 15) is 9.59 Å². The molecule has 1 aliphatic heterocycles. The number of ether oxygens (including phenoxy) is 1. The van der Waals surface area contributed by atoms with Crippen LogP contribution in [0.25, 0.3) is 0 Å². The lowest BCUT2D eigenvalue weighted by Crippen LogP contribution is -2.46.